The number of allylic oxidation sites excluding steroid dienone is 4. The van der Waals surface area contributed by atoms with Gasteiger partial charge in [0.25, 0.3) is 0 Å². The van der Waals surface area contributed by atoms with Crippen molar-refractivity contribution in [3.63, 3.8) is 0 Å². The third kappa shape index (κ3) is 5.22. The summed E-state index contributed by atoms with van der Waals surface area (Å²) < 4.78 is 0. The minimum Gasteiger partial charge on any atom is -0.311 e. The number of hydrogen-bond donors (Lipinski definition) is 0. The standard InChI is InChI=1S/C34H28N2/c1-26-12-16-30(17-13-26)31(25-35)24-27-14-18-28(19-15-27)29-20-22-34(23-21-29)36(32-8-4-2-5-9-32)33-10-6-3-7-11-33/h2,4-6,8-24H,3,7H2,1H3/b31-24+. The lowest BCUT2D eigenvalue weighted by Gasteiger charge is -2.27. The third-order valence-electron chi connectivity index (χ3n) is 6.41. The SMILES string of the molecule is Cc1ccc(/C(C#N)=C/c2ccc(-c3ccc(N(C4=CCCC=C4)c4ccccc4)cc3)cc2)cc1. The first-order valence-electron chi connectivity index (χ1n) is 12.3. The average molecular weight is 465 g/mol. The second kappa shape index (κ2) is 10.8. The fourth-order valence-corrected chi connectivity index (χ4v) is 4.44. The average Bonchev–Trinajstić information content (AvgIpc) is 2.94. The van der Waals surface area contributed by atoms with E-state index < -0.39 is 0 Å². The number of para-hydroxylation sites is 1. The summed E-state index contributed by atoms with van der Waals surface area (Å²) in [6.07, 6.45) is 10.9. The fourth-order valence-electron chi connectivity index (χ4n) is 4.44. The van der Waals surface area contributed by atoms with E-state index in [4.69, 9.17) is 0 Å². The van der Waals surface area contributed by atoms with Crippen LogP contribution in [-0.4, -0.2) is 0 Å². The van der Waals surface area contributed by atoms with Gasteiger partial charge >= 0.3 is 0 Å². The van der Waals surface area contributed by atoms with Crippen molar-refractivity contribution in [3.05, 3.63) is 144 Å². The summed E-state index contributed by atoms with van der Waals surface area (Å²) in [6, 6.07) is 38.0. The molecule has 0 aliphatic heterocycles. The smallest absolute Gasteiger partial charge is 0.0998 e. The summed E-state index contributed by atoms with van der Waals surface area (Å²) in [5, 5.41) is 9.66. The summed E-state index contributed by atoms with van der Waals surface area (Å²) in [5.74, 6) is 0. The van der Waals surface area contributed by atoms with Crippen molar-refractivity contribution in [1.82, 2.24) is 0 Å². The van der Waals surface area contributed by atoms with Gasteiger partial charge in [-0.2, -0.15) is 5.26 Å². The van der Waals surface area contributed by atoms with Crippen molar-refractivity contribution in [3.8, 4) is 17.2 Å². The molecule has 1 aliphatic rings. The number of benzene rings is 4. The van der Waals surface area contributed by atoms with E-state index in [1.807, 2.05) is 37.3 Å². The summed E-state index contributed by atoms with van der Waals surface area (Å²) in [4.78, 5) is 2.31. The number of nitrogens with zero attached hydrogens (tertiary/aromatic N) is 2. The van der Waals surface area contributed by atoms with Gasteiger partial charge in [-0.3, -0.25) is 0 Å². The zero-order valence-corrected chi connectivity index (χ0v) is 20.4. The van der Waals surface area contributed by atoms with Crippen LogP contribution in [0.2, 0.25) is 0 Å². The van der Waals surface area contributed by atoms with E-state index in [0.717, 1.165) is 46.5 Å². The van der Waals surface area contributed by atoms with Crippen LogP contribution in [0.15, 0.2) is 127 Å². The van der Waals surface area contributed by atoms with E-state index in [2.05, 4.69) is 108 Å². The van der Waals surface area contributed by atoms with Crippen LogP contribution in [0.4, 0.5) is 11.4 Å². The normalized spacial score (nSPS) is 13.1. The van der Waals surface area contributed by atoms with Crippen molar-refractivity contribution in [2.75, 3.05) is 4.90 Å². The molecule has 1 aliphatic carbocycles. The van der Waals surface area contributed by atoms with Crippen molar-refractivity contribution in [2.45, 2.75) is 19.8 Å². The first-order valence-corrected chi connectivity index (χ1v) is 12.3. The molecule has 2 nitrogen and oxygen atoms in total. The van der Waals surface area contributed by atoms with Crippen LogP contribution in [0.25, 0.3) is 22.8 Å². The molecule has 0 fully saturated rings. The van der Waals surface area contributed by atoms with Crippen LogP contribution in [0, 0.1) is 18.3 Å². The Labute approximate surface area is 213 Å². The summed E-state index contributed by atoms with van der Waals surface area (Å²) in [5.41, 5.74) is 9.61. The molecule has 5 rings (SSSR count). The highest BCUT2D eigenvalue weighted by atomic mass is 15.1. The Hall–Kier alpha value is -4.61. The van der Waals surface area contributed by atoms with Gasteiger partial charge in [0.15, 0.2) is 0 Å². The Balaban J connectivity index is 1.39. The second-order valence-corrected chi connectivity index (χ2v) is 8.98. The molecule has 0 amide bonds. The second-order valence-electron chi connectivity index (χ2n) is 8.98. The Bertz CT molecular complexity index is 1450. The first-order chi connectivity index (χ1) is 17.7. The largest absolute Gasteiger partial charge is 0.311 e. The topological polar surface area (TPSA) is 27.0 Å². The zero-order chi connectivity index (χ0) is 24.7. The summed E-state index contributed by atoms with van der Waals surface area (Å²) in [6.45, 7) is 2.05. The molecule has 0 N–H and O–H groups in total. The quantitative estimate of drug-likeness (QED) is 0.210. The van der Waals surface area contributed by atoms with Gasteiger partial charge in [-0.1, -0.05) is 96.6 Å². The molecule has 0 atom stereocenters. The number of hydrogen-bond acceptors (Lipinski definition) is 2. The molecule has 0 unspecified atom stereocenters. The van der Waals surface area contributed by atoms with E-state index >= 15 is 0 Å². The highest BCUT2D eigenvalue weighted by Gasteiger charge is 2.14. The van der Waals surface area contributed by atoms with E-state index in [1.54, 1.807) is 0 Å². The van der Waals surface area contributed by atoms with E-state index in [9.17, 15) is 5.26 Å². The van der Waals surface area contributed by atoms with Crippen LogP contribution in [0.5, 0.6) is 0 Å². The van der Waals surface area contributed by atoms with Crippen LogP contribution >= 0.6 is 0 Å². The van der Waals surface area contributed by atoms with Gasteiger partial charge in [0, 0.05) is 17.1 Å². The lowest BCUT2D eigenvalue weighted by molar-refractivity contribution is 0.997. The van der Waals surface area contributed by atoms with Crippen molar-refractivity contribution in [1.29, 1.82) is 5.26 Å². The molecular weight excluding hydrogens is 436 g/mol. The van der Waals surface area contributed by atoms with Gasteiger partial charge < -0.3 is 4.90 Å². The monoisotopic (exact) mass is 464 g/mol. The summed E-state index contributed by atoms with van der Waals surface area (Å²) in [7, 11) is 0. The number of rotatable bonds is 6. The fraction of sp³-hybridized carbons (Fsp3) is 0.0882. The lowest BCUT2D eigenvalue weighted by Crippen LogP contribution is -2.16. The minimum absolute atomic E-state index is 0.666. The molecule has 0 aromatic heterocycles. The van der Waals surface area contributed by atoms with Gasteiger partial charge in [-0.25, -0.2) is 0 Å². The Kier molecular flexibility index (Phi) is 6.92. The molecule has 0 bridgehead atoms. The van der Waals surface area contributed by atoms with Gasteiger partial charge in [-0.05, 0) is 78.4 Å². The van der Waals surface area contributed by atoms with Crippen LogP contribution in [0.3, 0.4) is 0 Å². The van der Waals surface area contributed by atoms with E-state index in [1.165, 1.54) is 11.3 Å². The maximum absolute atomic E-state index is 9.66. The molecule has 0 radical (unpaired) electrons. The summed E-state index contributed by atoms with van der Waals surface area (Å²) >= 11 is 0. The molecule has 36 heavy (non-hydrogen) atoms. The number of anilines is 2. The molecule has 4 aromatic carbocycles. The van der Waals surface area contributed by atoms with E-state index in [0.29, 0.717) is 5.57 Å². The minimum atomic E-state index is 0.666. The molecule has 174 valence electrons. The molecular formula is C34H28N2. The predicted octanol–water partition coefficient (Wildman–Crippen LogP) is 9.10. The Morgan fingerprint density at radius 3 is 2.00 bits per heavy atom. The lowest BCUT2D eigenvalue weighted by atomic mass is 10.00. The maximum atomic E-state index is 9.66. The molecule has 0 saturated heterocycles. The molecule has 0 saturated carbocycles. The van der Waals surface area contributed by atoms with E-state index in [-0.39, 0.29) is 0 Å². The van der Waals surface area contributed by atoms with Gasteiger partial charge in [0.2, 0.25) is 0 Å². The van der Waals surface area contributed by atoms with Gasteiger partial charge in [0.05, 0.1) is 11.6 Å². The van der Waals surface area contributed by atoms with Crippen LogP contribution in [0.1, 0.15) is 29.5 Å². The highest BCUT2D eigenvalue weighted by Crippen LogP contribution is 2.33. The van der Waals surface area contributed by atoms with Crippen molar-refractivity contribution >= 4 is 23.0 Å². The van der Waals surface area contributed by atoms with Crippen molar-refractivity contribution in [2.24, 2.45) is 0 Å². The Morgan fingerprint density at radius 1 is 0.750 bits per heavy atom. The molecule has 0 spiro atoms. The Morgan fingerprint density at radius 2 is 1.39 bits per heavy atom. The number of aryl methyl sites for hydroxylation is 1. The predicted molar refractivity (Wildman–Crippen MR) is 152 cm³/mol. The van der Waals surface area contributed by atoms with Crippen LogP contribution < -0.4 is 4.90 Å². The van der Waals surface area contributed by atoms with Gasteiger partial charge in [0.1, 0.15) is 0 Å². The van der Waals surface area contributed by atoms with Gasteiger partial charge in [-0.15, -0.1) is 0 Å². The molecule has 4 aromatic rings. The number of nitriles is 1. The molecule has 2 heteroatoms. The first kappa shape index (κ1) is 23.1. The zero-order valence-electron chi connectivity index (χ0n) is 20.4. The van der Waals surface area contributed by atoms with Crippen molar-refractivity contribution < 1.29 is 0 Å². The highest BCUT2D eigenvalue weighted by molar-refractivity contribution is 5.90. The molecule has 0 heterocycles. The van der Waals surface area contributed by atoms with Crippen LogP contribution in [-0.2, 0) is 0 Å². The maximum Gasteiger partial charge on any atom is 0.0998 e. The third-order valence-corrected chi connectivity index (χ3v) is 6.41.